The summed E-state index contributed by atoms with van der Waals surface area (Å²) in [5.74, 6) is -0.940. The van der Waals surface area contributed by atoms with E-state index < -0.39 is 16.9 Å². The highest BCUT2D eigenvalue weighted by atomic mass is 35.5. The molecule has 1 aliphatic carbocycles. The molecule has 0 aromatic heterocycles. The zero-order valence-electron chi connectivity index (χ0n) is 14.2. The molecular formula is C17H23Cl2N3O3. The second-order valence-electron chi connectivity index (χ2n) is 7.14. The van der Waals surface area contributed by atoms with Crippen LogP contribution in [0.4, 0.5) is 5.69 Å². The maximum absolute atomic E-state index is 12.9. The van der Waals surface area contributed by atoms with Gasteiger partial charge in [-0.25, -0.2) is 0 Å². The van der Waals surface area contributed by atoms with Gasteiger partial charge in [0, 0.05) is 23.6 Å². The molecule has 3 rings (SSSR count). The third kappa shape index (κ3) is 2.91. The van der Waals surface area contributed by atoms with E-state index in [2.05, 4.69) is 5.32 Å². The van der Waals surface area contributed by atoms with E-state index in [1.807, 2.05) is 13.8 Å². The molecule has 2 aliphatic rings. The molecule has 1 aromatic rings. The number of nitrogens with two attached hydrogens (primary N) is 2. The molecule has 1 aliphatic heterocycles. The van der Waals surface area contributed by atoms with Crippen LogP contribution in [-0.4, -0.2) is 30.1 Å². The largest absolute Gasteiger partial charge is 0.377 e. The third-order valence-corrected chi connectivity index (χ3v) is 5.88. The summed E-state index contributed by atoms with van der Waals surface area (Å²) in [6.07, 6.45) is 1.76. The number of hydrogen-bond donors (Lipinski definition) is 3. The van der Waals surface area contributed by atoms with E-state index in [-0.39, 0.29) is 40.9 Å². The summed E-state index contributed by atoms with van der Waals surface area (Å²) in [6.45, 7) is 4.62. The van der Waals surface area contributed by atoms with Crippen LogP contribution in [0.15, 0.2) is 18.2 Å². The Kier molecular flexibility index (Phi) is 5.40. The van der Waals surface area contributed by atoms with Gasteiger partial charge in [0.2, 0.25) is 11.8 Å². The van der Waals surface area contributed by atoms with E-state index in [9.17, 15) is 9.59 Å². The number of carbonyl (C=O) groups excluding carboxylic acids is 2. The molecule has 2 amide bonds. The molecule has 1 saturated heterocycles. The first-order chi connectivity index (χ1) is 11.2. The number of primary amides is 1. The Balaban J connectivity index is 0.00000225. The van der Waals surface area contributed by atoms with Gasteiger partial charge in [0.25, 0.3) is 0 Å². The van der Waals surface area contributed by atoms with E-state index in [0.29, 0.717) is 12.3 Å². The summed E-state index contributed by atoms with van der Waals surface area (Å²) in [6, 6.07) is 4.61. The molecule has 3 atom stereocenters. The normalized spacial score (nSPS) is 29.6. The van der Waals surface area contributed by atoms with Crippen molar-refractivity contribution in [1.82, 2.24) is 0 Å². The van der Waals surface area contributed by atoms with Crippen LogP contribution in [0.5, 0.6) is 0 Å². The van der Waals surface area contributed by atoms with Crippen LogP contribution < -0.4 is 16.8 Å². The summed E-state index contributed by atoms with van der Waals surface area (Å²) in [5.41, 5.74) is 10.9. The van der Waals surface area contributed by atoms with Crippen molar-refractivity contribution in [3.63, 3.8) is 0 Å². The molecule has 1 heterocycles. The van der Waals surface area contributed by atoms with E-state index >= 15 is 0 Å². The van der Waals surface area contributed by atoms with E-state index in [1.165, 1.54) is 12.1 Å². The Morgan fingerprint density at radius 2 is 2.04 bits per heavy atom. The smallest absolute Gasteiger partial charge is 0.250 e. The molecule has 0 spiro atoms. The number of rotatable bonds is 3. The first-order valence-corrected chi connectivity index (χ1v) is 8.38. The zero-order chi connectivity index (χ0) is 17.7. The Labute approximate surface area is 158 Å². The number of nitrogens with one attached hydrogen (secondary N) is 1. The molecule has 2 fully saturated rings. The van der Waals surface area contributed by atoms with Gasteiger partial charge in [-0.05, 0) is 31.0 Å². The van der Waals surface area contributed by atoms with Gasteiger partial charge >= 0.3 is 0 Å². The molecule has 138 valence electrons. The molecule has 1 aromatic carbocycles. The van der Waals surface area contributed by atoms with Gasteiger partial charge < -0.3 is 21.5 Å². The SMILES string of the molecule is CC1(C)C2OCCCC2C1(N)C(=O)Nc1ccc(Cl)c(C(N)=O)c1.Cl. The minimum Gasteiger partial charge on any atom is -0.377 e. The first kappa shape index (κ1) is 20.0. The highest BCUT2D eigenvalue weighted by molar-refractivity contribution is 6.34. The number of ether oxygens (including phenoxy) is 1. The topological polar surface area (TPSA) is 107 Å². The summed E-state index contributed by atoms with van der Waals surface area (Å²) in [4.78, 5) is 24.3. The average molecular weight is 388 g/mol. The van der Waals surface area contributed by atoms with Crippen molar-refractivity contribution in [3.8, 4) is 0 Å². The van der Waals surface area contributed by atoms with Gasteiger partial charge in [-0.3, -0.25) is 9.59 Å². The van der Waals surface area contributed by atoms with Gasteiger partial charge in [0.15, 0.2) is 0 Å². The van der Waals surface area contributed by atoms with Crippen LogP contribution in [0.25, 0.3) is 0 Å². The fourth-order valence-electron chi connectivity index (χ4n) is 4.06. The number of fused-ring (bicyclic) bond motifs is 1. The Bertz CT molecular complexity index is 710. The van der Waals surface area contributed by atoms with Crippen LogP contribution in [0.1, 0.15) is 37.0 Å². The quantitative estimate of drug-likeness (QED) is 0.739. The van der Waals surface area contributed by atoms with Crippen molar-refractivity contribution in [2.75, 3.05) is 11.9 Å². The maximum atomic E-state index is 12.9. The van der Waals surface area contributed by atoms with Gasteiger partial charge in [-0.15, -0.1) is 12.4 Å². The van der Waals surface area contributed by atoms with Gasteiger partial charge in [-0.2, -0.15) is 0 Å². The second kappa shape index (κ2) is 6.76. The van der Waals surface area contributed by atoms with Crippen molar-refractivity contribution in [1.29, 1.82) is 0 Å². The van der Waals surface area contributed by atoms with E-state index in [0.717, 1.165) is 12.8 Å². The average Bonchev–Trinajstić information content (AvgIpc) is 2.55. The molecular weight excluding hydrogens is 365 g/mol. The lowest BCUT2D eigenvalue weighted by Crippen LogP contribution is -2.81. The molecule has 1 saturated carbocycles. The van der Waals surface area contributed by atoms with Crippen LogP contribution >= 0.6 is 24.0 Å². The maximum Gasteiger partial charge on any atom is 0.250 e. The minimum absolute atomic E-state index is 0. The molecule has 3 unspecified atom stereocenters. The lowest BCUT2D eigenvalue weighted by atomic mass is 9.46. The van der Waals surface area contributed by atoms with Gasteiger partial charge in [-0.1, -0.05) is 25.4 Å². The fourth-order valence-corrected chi connectivity index (χ4v) is 4.27. The molecule has 0 radical (unpaired) electrons. The van der Waals surface area contributed by atoms with Crippen molar-refractivity contribution in [3.05, 3.63) is 28.8 Å². The molecule has 6 nitrogen and oxygen atoms in total. The summed E-state index contributed by atoms with van der Waals surface area (Å²) >= 11 is 5.94. The highest BCUT2D eigenvalue weighted by Crippen LogP contribution is 2.57. The van der Waals surface area contributed by atoms with Crippen LogP contribution in [0.2, 0.25) is 5.02 Å². The molecule has 0 bridgehead atoms. The van der Waals surface area contributed by atoms with Crippen molar-refractivity contribution in [2.45, 2.75) is 38.3 Å². The molecule has 25 heavy (non-hydrogen) atoms. The Hall–Kier alpha value is -1.34. The minimum atomic E-state index is -1.02. The molecule has 8 heteroatoms. The fraction of sp³-hybridized carbons (Fsp3) is 0.529. The standard InChI is InChI=1S/C17H22ClN3O3.ClH/c1-16(2)13-11(4-3-7-24-13)17(16,20)15(23)21-9-5-6-12(18)10(8-9)14(19)22;/h5-6,8,11,13H,3-4,7,20H2,1-2H3,(H2,19,22)(H,21,23);1H. The highest BCUT2D eigenvalue weighted by Gasteiger charge is 2.70. The number of amides is 2. The zero-order valence-corrected chi connectivity index (χ0v) is 15.7. The predicted octanol–water partition coefficient (Wildman–Crippen LogP) is 2.33. The van der Waals surface area contributed by atoms with Crippen LogP contribution in [0.3, 0.4) is 0 Å². The third-order valence-electron chi connectivity index (χ3n) is 5.55. The second-order valence-corrected chi connectivity index (χ2v) is 7.55. The summed E-state index contributed by atoms with van der Waals surface area (Å²) in [5, 5.41) is 3.05. The van der Waals surface area contributed by atoms with Crippen LogP contribution in [0, 0.1) is 11.3 Å². The number of anilines is 1. The van der Waals surface area contributed by atoms with Gasteiger partial charge in [0.1, 0.15) is 5.54 Å². The number of hydrogen-bond acceptors (Lipinski definition) is 4. The number of benzene rings is 1. The van der Waals surface area contributed by atoms with Crippen molar-refractivity contribution >= 4 is 41.5 Å². The van der Waals surface area contributed by atoms with Crippen molar-refractivity contribution < 1.29 is 14.3 Å². The number of carbonyl (C=O) groups is 2. The summed E-state index contributed by atoms with van der Waals surface area (Å²) < 4.78 is 5.82. The Morgan fingerprint density at radius 1 is 1.36 bits per heavy atom. The van der Waals surface area contributed by atoms with E-state index in [4.69, 9.17) is 27.8 Å². The predicted molar refractivity (Wildman–Crippen MR) is 99.0 cm³/mol. The lowest BCUT2D eigenvalue weighted by molar-refractivity contribution is -0.222. The van der Waals surface area contributed by atoms with E-state index in [1.54, 1.807) is 6.07 Å². The lowest BCUT2D eigenvalue weighted by Gasteiger charge is -2.65. The first-order valence-electron chi connectivity index (χ1n) is 8.01. The molecule has 5 N–H and O–H groups in total. The van der Waals surface area contributed by atoms with Gasteiger partial charge in [0.05, 0.1) is 16.7 Å². The van der Waals surface area contributed by atoms with Crippen molar-refractivity contribution in [2.24, 2.45) is 22.8 Å². The number of halogens is 2. The monoisotopic (exact) mass is 387 g/mol. The Morgan fingerprint density at radius 3 is 2.68 bits per heavy atom. The van der Waals surface area contributed by atoms with Crippen LogP contribution in [-0.2, 0) is 9.53 Å². The summed E-state index contributed by atoms with van der Waals surface area (Å²) in [7, 11) is 0.